The smallest absolute Gasteiger partial charge is 0.164 e. The number of aryl methyl sites for hydroxylation is 1. The highest BCUT2D eigenvalue weighted by molar-refractivity contribution is 6.31. The lowest BCUT2D eigenvalue weighted by atomic mass is 10.1. The fourth-order valence-corrected chi connectivity index (χ4v) is 3.54. The van der Waals surface area contributed by atoms with E-state index in [1.165, 1.54) is 12.4 Å². The molecule has 0 bridgehead atoms. The topological polar surface area (TPSA) is 83.8 Å². The second-order valence-corrected chi connectivity index (χ2v) is 7.41. The SMILES string of the molecule is Cc1cccc(-c2[nH]c(CNc3cccc(Cl)c3F)nc2-c2ccn3ncnc3c2)n1. The van der Waals surface area contributed by atoms with E-state index in [2.05, 4.69) is 25.4 Å². The van der Waals surface area contributed by atoms with Gasteiger partial charge >= 0.3 is 0 Å². The van der Waals surface area contributed by atoms with Crippen molar-refractivity contribution in [1.82, 2.24) is 29.5 Å². The molecule has 0 saturated heterocycles. The average Bonchev–Trinajstić information content (AvgIpc) is 3.41. The highest BCUT2D eigenvalue weighted by Crippen LogP contribution is 2.30. The van der Waals surface area contributed by atoms with Crippen LogP contribution in [0, 0.1) is 12.7 Å². The van der Waals surface area contributed by atoms with Gasteiger partial charge in [0.25, 0.3) is 0 Å². The second kappa shape index (κ2) is 7.81. The maximum atomic E-state index is 14.2. The van der Waals surface area contributed by atoms with Crippen LogP contribution in [0.25, 0.3) is 28.3 Å². The first-order valence-electron chi connectivity index (χ1n) is 9.59. The van der Waals surface area contributed by atoms with Crippen molar-refractivity contribution >= 4 is 22.9 Å². The lowest BCUT2D eigenvalue weighted by Crippen LogP contribution is -2.03. The molecular formula is C22H17ClFN7. The van der Waals surface area contributed by atoms with Gasteiger partial charge in [0, 0.05) is 17.5 Å². The molecule has 0 fully saturated rings. The van der Waals surface area contributed by atoms with Crippen LogP contribution < -0.4 is 5.32 Å². The minimum atomic E-state index is -0.492. The fourth-order valence-electron chi connectivity index (χ4n) is 3.36. The van der Waals surface area contributed by atoms with Gasteiger partial charge in [0.2, 0.25) is 0 Å². The predicted molar refractivity (Wildman–Crippen MR) is 117 cm³/mol. The predicted octanol–water partition coefficient (Wildman–Crippen LogP) is 4.89. The van der Waals surface area contributed by atoms with Crippen LogP contribution in [0.4, 0.5) is 10.1 Å². The number of hydrogen-bond acceptors (Lipinski definition) is 5. The van der Waals surface area contributed by atoms with E-state index < -0.39 is 5.82 Å². The number of nitrogens with one attached hydrogen (secondary N) is 2. The molecule has 4 heterocycles. The molecule has 4 aromatic heterocycles. The number of hydrogen-bond donors (Lipinski definition) is 2. The fraction of sp³-hybridized carbons (Fsp3) is 0.0909. The van der Waals surface area contributed by atoms with Crippen LogP contribution in [0.2, 0.25) is 5.02 Å². The Kier molecular flexibility index (Phi) is 4.83. The Labute approximate surface area is 182 Å². The molecular weight excluding hydrogens is 417 g/mol. The lowest BCUT2D eigenvalue weighted by Gasteiger charge is -2.06. The summed E-state index contributed by atoms with van der Waals surface area (Å²) in [5.41, 5.74) is 5.06. The Hall–Kier alpha value is -3.78. The molecule has 2 N–H and O–H groups in total. The summed E-state index contributed by atoms with van der Waals surface area (Å²) in [6, 6.07) is 14.5. The zero-order chi connectivity index (χ0) is 21.4. The summed E-state index contributed by atoms with van der Waals surface area (Å²) < 4.78 is 15.9. The number of benzene rings is 1. The van der Waals surface area contributed by atoms with E-state index in [0.717, 1.165) is 28.3 Å². The number of aromatic nitrogens is 6. The molecule has 0 spiro atoms. The van der Waals surface area contributed by atoms with Gasteiger partial charge in [-0.05, 0) is 43.3 Å². The molecule has 0 aliphatic heterocycles. The summed E-state index contributed by atoms with van der Waals surface area (Å²) in [4.78, 5) is 17.0. The van der Waals surface area contributed by atoms with Crippen LogP contribution >= 0.6 is 11.6 Å². The number of rotatable bonds is 5. The van der Waals surface area contributed by atoms with Gasteiger partial charge in [0.05, 0.1) is 34.3 Å². The molecule has 0 aliphatic rings. The molecule has 0 unspecified atom stereocenters. The molecule has 31 heavy (non-hydrogen) atoms. The van der Waals surface area contributed by atoms with E-state index in [0.29, 0.717) is 17.2 Å². The number of fused-ring (bicyclic) bond motifs is 1. The highest BCUT2D eigenvalue weighted by atomic mass is 35.5. The molecule has 0 radical (unpaired) electrons. The van der Waals surface area contributed by atoms with Gasteiger partial charge in [-0.2, -0.15) is 5.10 Å². The Morgan fingerprint density at radius 1 is 1.13 bits per heavy atom. The molecule has 7 nitrogen and oxygen atoms in total. The van der Waals surface area contributed by atoms with E-state index in [4.69, 9.17) is 16.6 Å². The molecule has 5 aromatic rings. The van der Waals surface area contributed by atoms with Crippen molar-refractivity contribution in [2.45, 2.75) is 13.5 Å². The highest BCUT2D eigenvalue weighted by Gasteiger charge is 2.17. The van der Waals surface area contributed by atoms with Gasteiger partial charge in [-0.3, -0.25) is 4.98 Å². The Balaban J connectivity index is 1.55. The first kappa shape index (κ1) is 19.2. The Morgan fingerprint density at radius 3 is 2.87 bits per heavy atom. The molecule has 0 aliphatic carbocycles. The van der Waals surface area contributed by atoms with E-state index in [-0.39, 0.29) is 11.6 Å². The van der Waals surface area contributed by atoms with E-state index >= 15 is 0 Å². The van der Waals surface area contributed by atoms with E-state index in [9.17, 15) is 4.39 Å². The Morgan fingerprint density at radius 2 is 2.00 bits per heavy atom. The molecule has 154 valence electrons. The van der Waals surface area contributed by atoms with Crippen LogP contribution in [-0.2, 0) is 6.54 Å². The maximum Gasteiger partial charge on any atom is 0.164 e. The number of aromatic amines is 1. The molecule has 0 saturated carbocycles. The van der Waals surface area contributed by atoms with Crippen molar-refractivity contribution in [1.29, 1.82) is 0 Å². The summed E-state index contributed by atoms with van der Waals surface area (Å²) in [5.74, 6) is 0.141. The minimum absolute atomic E-state index is 0.0661. The summed E-state index contributed by atoms with van der Waals surface area (Å²) in [7, 11) is 0. The molecule has 0 amide bonds. The van der Waals surface area contributed by atoms with E-state index in [1.54, 1.807) is 16.6 Å². The van der Waals surface area contributed by atoms with Gasteiger partial charge in [-0.1, -0.05) is 23.7 Å². The number of pyridine rings is 2. The van der Waals surface area contributed by atoms with Crippen LogP contribution in [0.15, 0.2) is 61.1 Å². The zero-order valence-electron chi connectivity index (χ0n) is 16.5. The van der Waals surface area contributed by atoms with Gasteiger partial charge in [0.15, 0.2) is 11.5 Å². The minimum Gasteiger partial charge on any atom is -0.375 e. The van der Waals surface area contributed by atoms with Crippen LogP contribution in [-0.4, -0.2) is 29.5 Å². The maximum absolute atomic E-state index is 14.2. The number of halogens is 2. The van der Waals surface area contributed by atoms with Crippen molar-refractivity contribution in [3.63, 3.8) is 0 Å². The summed E-state index contributed by atoms with van der Waals surface area (Å²) in [5, 5.41) is 7.25. The summed E-state index contributed by atoms with van der Waals surface area (Å²) in [6.07, 6.45) is 3.33. The van der Waals surface area contributed by atoms with Crippen LogP contribution in [0.1, 0.15) is 11.5 Å². The number of imidazole rings is 1. The third-order valence-corrected chi connectivity index (χ3v) is 5.14. The van der Waals surface area contributed by atoms with Crippen LogP contribution in [0.3, 0.4) is 0 Å². The standard InChI is InChI=1S/C22H17ClFN7/c1-13-4-2-7-17(28-13)22-21(14-8-9-31-19(10-14)26-12-27-31)29-18(30-22)11-25-16-6-3-5-15(23)20(16)24/h2-10,12,25H,11H2,1H3,(H,29,30). The van der Waals surface area contributed by atoms with Crippen molar-refractivity contribution in [3.8, 4) is 22.6 Å². The molecule has 0 atom stereocenters. The lowest BCUT2D eigenvalue weighted by molar-refractivity contribution is 0.630. The van der Waals surface area contributed by atoms with Crippen molar-refractivity contribution in [2.75, 3.05) is 5.32 Å². The average molecular weight is 434 g/mol. The normalized spacial score (nSPS) is 11.2. The second-order valence-electron chi connectivity index (χ2n) is 7.00. The Bertz CT molecular complexity index is 1390. The zero-order valence-corrected chi connectivity index (χ0v) is 17.2. The summed E-state index contributed by atoms with van der Waals surface area (Å²) in [6.45, 7) is 2.22. The third-order valence-electron chi connectivity index (χ3n) is 4.85. The van der Waals surface area contributed by atoms with Crippen LogP contribution in [0.5, 0.6) is 0 Å². The quantitative estimate of drug-likeness (QED) is 0.412. The van der Waals surface area contributed by atoms with Crippen molar-refractivity contribution in [3.05, 3.63) is 83.4 Å². The van der Waals surface area contributed by atoms with Gasteiger partial charge in [0.1, 0.15) is 12.2 Å². The number of H-pyrrole nitrogens is 1. The monoisotopic (exact) mass is 433 g/mol. The van der Waals surface area contributed by atoms with Gasteiger partial charge < -0.3 is 10.3 Å². The van der Waals surface area contributed by atoms with Gasteiger partial charge in [-0.15, -0.1) is 0 Å². The third kappa shape index (κ3) is 3.73. The molecule has 5 rings (SSSR count). The number of anilines is 1. The first-order chi connectivity index (χ1) is 15.1. The van der Waals surface area contributed by atoms with Crippen molar-refractivity contribution < 1.29 is 4.39 Å². The van der Waals surface area contributed by atoms with Crippen molar-refractivity contribution in [2.24, 2.45) is 0 Å². The molecule has 1 aromatic carbocycles. The van der Waals surface area contributed by atoms with Gasteiger partial charge in [-0.25, -0.2) is 18.9 Å². The molecule has 9 heteroatoms. The number of nitrogens with zero attached hydrogens (tertiary/aromatic N) is 5. The first-order valence-corrected chi connectivity index (χ1v) is 9.97. The largest absolute Gasteiger partial charge is 0.375 e. The van der Waals surface area contributed by atoms with E-state index in [1.807, 2.05) is 43.5 Å². The summed E-state index contributed by atoms with van der Waals surface area (Å²) >= 11 is 5.88.